The van der Waals surface area contributed by atoms with Crippen LogP contribution in [0.5, 0.6) is 11.5 Å². The number of rotatable bonds is 2. The van der Waals surface area contributed by atoms with Crippen LogP contribution in [0.4, 0.5) is 0 Å². The second-order valence-electron chi connectivity index (χ2n) is 11.6. The Hall–Kier alpha value is -5.86. The van der Waals surface area contributed by atoms with Crippen molar-refractivity contribution in [2.45, 2.75) is 0 Å². The summed E-state index contributed by atoms with van der Waals surface area (Å²) in [6, 6.07) is 51.7. The lowest BCUT2D eigenvalue weighted by molar-refractivity contribution is 0.487. The quantitative estimate of drug-likeness (QED) is 0.210. The lowest BCUT2D eigenvalue weighted by Crippen LogP contribution is -1.98. The number of fused-ring (bicyclic) bond motifs is 9. The first-order valence-electron chi connectivity index (χ1n) is 15.0. The van der Waals surface area contributed by atoms with E-state index in [2.05, 4.69) is 140 Å². The molecule has 0 spiro atoms. The zero-order chi connectivity index (χ0) is 28.8. The SMILES string of the molecule is c1ccc(-c2ccc3c(c2)Oc2cccc4c(-c5cc6ccccc6c6c5oc5ccc7ccccc7c56)ccc-3c24)cc1. The van der Waals surface area contributed by atoms with Gasteiger partial charge < -0.3 is 9.15 Å². The normalized spacial score (nSPS) is 12.3. The molecule has 9 aromatic rings. The Balaban J connectivity index is 1.26. The Morgan fingerprint density at radius 3 is 1.98 bits per heavy atom. The summed E-state index contributed by atoms with van der Waals surface area (Å²) in [4.78, 5) is 0. The maximum atomic E-state index is 6.78. The van der Waals surface area contributed by atoms with Gasteiger partial charge >= 0.3 is 0 Å². The van der Waals surface area contributed by atoms with Crippen LogP contribution in [-0.2, 0) is 0 Å². The van der Waals surface area contributed by atoms with Crippen molar-refractivity contribution >= 4 is 54.3 Å². The molecular weight excluding hydrogens is 536 g/mol. The lowest BCUT2D eigenvalue weighted by atomic mass is 9.88. The lowest BCUT2D eigenvalue weighted by Gasteiger charge is -2.23. The Bertz CT molecular complexity index is 2630. The summed E-state index contributed by atoms with van der Waals surface area (Å²) in [5.41, 5.74) is 8.67. The predicted molar refractivity (Wildman–Crippen MR) is 183 cm³/mol. The summed E-state index contributed by atoms with van der Waals surface area (Å²) in [6.07, 6.45) is 0. The van der Waals surface area contributed by atoms with Crippen LogP contribution in [0.2, 0.25) is 0 Å². The molecule has 2 heteroatoms. The van der Waals surface area contributed by atoms with Crippen molar-refractivity contribution < 1.29 is 9.15 Å². The predicted octanol–water partition coefficient (Wildman–Crippen LogP) is 12.2. The van der Waals surface area contributed by atoms with Gasteiger partial charge in [-0.2, -0.15) is 0 Å². The van der Waals surface area contributed by atoms with Gasteiger partial charge in [0.25, 0.3) is 0 Å². The first kappa shape index (κ1) is 23.7. The van der Waals surface area contributed by atoms with Crippen LogP contribution in [0.25, 0.3) is 87.6 Å². The third-order valence-electron chi connectivity index (χ3n) is 9.25. The highest BCUT2D eigenvalue weighted by Gasteiger charge is 2.24. The van der Waals surface area contributed by atoms with Gasteiger partial charge in [0.1, 0.15) is 22.7 Å². The first-order valence-corrected chi connectivity index (χ1v) is 15.0. The monoisotopic (exact) mass is 560 g/mol. The fourth-order valence-electron chi connectivity index (χ4n) is 7.26. The zero-order valence-corrected chi connectivity index (χ0v) is 23.7. The Morgan fingerprint density at radius 2 is 1.09 bits per heavy atom. The average Bonchev–Trinajstić information content (AvgIpc) is 3.49. The van der Waals surface area contributed by atoms with Crippen LogP contribution in [0.1, 0.15) is 0 Å². The Labute approximate surface area is 253 Å². The molecule has 8 aromatic carbocycles. The highest BCUT2D eigenvalue weighted by Crippen LogP contribution is 2.51. The summed E-state index contributed by atoms with van der Waals surface area (Å²) >= 11 is 0. The fourth-order valence-corrected chi connectivity index (χ4v) is 7.26. The van der Waals surface area contributed by atoms with E-state index in [4.69, 9.17) is 9.15 Å². The molecule has 2 nitrogen and oxygen atoms in total. The molecule has 1 aliphatic rings. The first-order chi connectivity index (χ1) is 21.8. The van der Waals surface area contributed by atoms with E-state index in [1.165, 1.54) is 43.4 Å². The topological polar surface area (TPSA) is 22.4 Å². The van der Waals surface area contributed by atoms with E-state index in [0.29, 0.717) is 0 Å². The molecule has 204 valence electrons. The van der Waals surface area contributed by atoms with Gasteiger partial charge in [0.2, 0.25) is 0 Å². The van der Waals surface area contributed by atoms with Crippen LogP contribution in [0.3, 0.4) is 0 Å². The summed E-state index contributed by atoms with van der Waals surface area (Å²) in [7, 11) is 0. The molecule has 0 saturated heterocycles. The summed E-state index contributed by atoms with van der Waals surface area (Å²) < 4.78 is 13.4. The van der Waals surface area contributed by atoms with Crippen LogP contribution < -0.4 is 4.74 Å². The number of ether oxygens (including phenoxy) is 1. The van der Waals surface area contributed by atoms with E-state index in [0.717, 1.165) is 55.7 Å². The van der Waals surface area contributed by atoms with E-state index < -0.39 is 0 Å². The molecule has 2 heterocycles. The maximum absolute atomic E-state index is 6.78. The number of hydrogen-bond donors (Lipinski definition) is 0. The molecule has 0 saturated carbocycles. The van der Waals surface area contributed by atoms with E-state index in [9.17, 15) is 0 Å². The molecule has 0 bridgehead atoms. The van der Waals surface area contributed by atoms with Gasteiger partial charge in [0.05, 0.1) is 0 Å². The third-order valence-corrected chi connectivity index (χ3v) is 9.25. The molecule has 0 atom stereocenters. The molecule has 0 aliphatic carbocycles. The molecule has 0 N–H and O–H groups in total. The minimum atomic E-state index is 0.879. The summed E-state index contributed by atoms with van der Waals surface area (Å²) in [6.45, 7) is 0. The fraction of sp³-hybridized carbons (Fsp3) is 0. The van der Waals surface area contributed by atoms with E-state index in [1.54, 1.807) is 0 Å². The minimum Gasteiger partial charge on any atom is -0.456 e. The van der Waals surface area contributed by atoms with E-state index in [1.807, 2.05) is 6.07 Å². The smallest absolute Gasteiger partial charge is 0.143 e. The van der Waals surface area contributed by atoms with Gasteiger partial charge in [-0.1, -0.05) is 115 Å². The van der Waals surface area contributed by atoms with Gasteiger partial charge in [-0.05, 0) is 79.5 Å². The van der Waals surface area contributed by atoms with Crippen molar-refractivity contribution in [3.63, 3.8) is 0 Å². The van der Waals surface area contributed by atoms with Gasteiger partial charge in [-0.25, -0.2) is 0 Å². The average molecular weight is 561 g/mol. The Kier molecular flexibility index (Phi) is 4.75. The number of hydrogen-bond acceptors (Lipinski definition) is 2. The molecule has 0 unspecified atom stereocenters. The zero-order valence-electron chi connectivity index (χ0n) is 23.7. The molecule has 44 heavy (non-hydrogen) atoms. The van der Waals surface area contributed by atoms with Gasteiger partial charge in [0, 0.05) is 27.3 Å². The molecule has 10 rings (SSSR count). The molecule has 0 fully saturated rings. The summed E-state index contributed by atoms with van der Waals surface area (Å²) in [5, 5.41) is 9.45. The van der Waals surface area contributed by atoms with Crippen LogP contribution in [0, 0.1) is 0 Å². The van der Waals surface area contributed by atoms with Crippen LogP contribution in [-0.4, -0.2) is 0 Å². The number of furan rings is 1. The minimum absolute atomic E-state index is 0.879. The molecule has 0 radical (unpaired) electrons. The highest BCUT2D eigenvalue weighted by atomic mass is 16.5. The van der Waals surface area contributed by atoms with Crippen LogP contribution in [0.15, 0.2) is 150 Å². The van der Waals surface area contributed by atoms with Crippen LogP contribution >= 0.6 is 0 Å². The highest BCUT2D eigenvalue weighted by molar-refractivity contribution is 6.29. The molecule has 1 aromatic heterocycles. The van der Waals surface area contributed by atoms with Crippen molar-refractivity contribution in [1.82, 2.24) is 0 Å². The van der Waals surface area contributed by atoms with E-state index >= 15 is 0 Å². The summed E-state index contributed by atoms with van der Waals surface area (Å²) in [5.74, 6) is 1.76. The molecule has 0 amide bonds. The van der Waals surface area contributed by atoms with Crippen molar-refractivity contribution in [2.75, 3.05) is 0 Å². The van der Waals surface area contributed by atoms with Crippen molar-refractivity contribution in [2.24, 2.45) is 0 Å². The van der Waals surface area contributed by atoms with E-state index in [-0.39, 0.29) is 0 Å². The van der Waals surface area contributed by atoms with Gasteiger partial charge in [-0.3, -0.25) is 0 Å². The van der Waals surface area contributed by atoms with Crippen molar-refractivity contribution in [3.8, 4) is 44.9 Å². The molecule has 1 aliphatic heterocycles. The Morgan fingerprint density at radius 1 is 0.364 bits per heavy atom. The largest absolute Gasteiger partial charge is 0.456 e. The maximum Gasteiger partial charge on any atom is 0.143 e. The van der Waals surface area contributed by atoms with Gasteiger partial charge in [0.15, 0.2) is 0 Å². The standard InChI is InChI=1S/C42H24O2/c1-2-9-25(10-3-1)27-17-19-32-34-21-20-31(33-15-8-16-36(39(33)34)43-38(32)24-27)35-23-28-12-5-7-14-30(28)41-40-29-13-6-4-11-26(29)18-22-37(40)44-42(35)41/h1-24H. The second kappa shape index (κ2) is 8.82. The van der Waals surface area contributed by atoms with Crippen molar-refractivity contribution in [1.29, 1.82) is 0 Å². The molecular formula is C42H24O2. The third kappa shape index (κ3) is 3.25. The van der Waals surface area contributed by atoms with Gasteiger partial charge in [-0.15, -0.1) is 0 Å². The van der Waals surface area contributed by atoms with Crippen molar-refractivity contribution in [3.05, 3.63) is 146 Å². The number of benzene rings is 8. The second-order valence-corrected chi connectivity index (χ2v) is 11.6.